The third kappa shape index (κ3) is 4.88. The van der Waals surface area contributed by atoms with E-state index in [1.165, 1.54) is 32.2 Å². The minimum atomic E-state index is 0.641. The fourth-order valence-corrected chi connectivity index (χ4v) is 3.29. The van der Waals surface area contributed by atoms with Gasteiger partial charge in [0.15, 0.2) is 4.67 Å². The first-order chi connectivity index (χ1) is 9.19. The van der Waals surface area contributed by atoms with Crippen molar-refractivity contribution < 1.29 is 4.42 Å². The maximum atomic E-state index is 5.69. The van der Waals surface area contributed by atoms with E-state index in [-0.39, 0.29) is 0 Å². The van der Waals surface area contributed by atoms with E-state index in [0.29, 0.717) is 6.04 Å². The molecule has 0 amide bonds. The van der Waals surface area contributed by atoms with Crippen molar-refractivity contribution in [1.29, 1.82) is 0 Å². The molecular formula is C14H22Br2N2O. The Kier molecular flexibility index (Phi) is 6.39. The summed E-state index contributed by atoms with van der Waals surface area (Å²) in [5, 5.41) is 3.62. The van der Waals surface area contributed by atoms with Crippen molar-refractivity contribution >= 4 is 31.9 Å². The van der Waals surface area contributed by atoms with Crippen molar-refractivity contribution in [2.24, 2.45) is 0 Å². The predicted octanol–water partition coefficient (Wildman–Crippen LogP) is 4.16. The largest absolute Gasteiger partial charge is 0.452 e. The second kappa shape index (κ2) is 7.81. The van der Waals surface area contributed by atoms with Crippen LogP contribution in [-0.4, -0.2) is 30.6 Å². The fraction of sp³-hybridized carbons (Fsp3) is 0.714. The minimum absolute atomic E-state index is 0.641. The molecule has 3 nitrogen and oxygen atoms in total. The van der Waals surface area contributed by atoms with Gasteiger partial charge in [0, 0.05) is 12.6 Å². The zero-order chi connectivity index (χ0) is 13.7. The second-order valence-corrected chi connectivity index (χ2v) is 6.79. The Hall–Kier alpha value is 0.160. The average Bonchev–Trinajstić information content (AvgIpc) is 2.70. The molecule has 1 aromatic heterocycles. The summed E-state index contributed by atoms with van der Waals surface area (Å²) in [5.74, 6) is 1.02. The van der Waals surface area contributed by atoms with Crippen LogP contribution in [0.15, 0.2) is 19.6 Å². The number of rotatable bonds is 6. The summed E-state index contributed by atoms with van der Waals surface area (Å²) < 4.78 is 7.47. The van der Waals surface area contributed by atoms with E-state index in [1.807, 2.05) is 0 Å². The summed E-state index contributed by atoms with van der Waals surface area (Å²) in [6, 6.07) is 2.70. The van der Waals surface area contributed by atoms with Gasteiger partial charge in [0.1, 0.15) is 5.76 Å². The van der Waals surface area contributed by atoms with Crippen molar-refractivity contribution in [3.63, 3.8) is 0 Å². The van der Waals surface area contributed by atoms with Gasteiger partial charge in [0.2, 0.25) is 0 Å². The highest BCUT2D eigenvalue weighted by Gasteiger charge is 2.18. The molecule has 1 aliphatic heterocycles. The maximum absolute atomic E-state index is 5.69. The van der Waals surface area contributed by atoms with Crippen LogP contribution in [-0.2, 0) is 6.54 Å². The van der Waals surface area contributed by atoms with Crippen LogP contribution in [0, 0.1) is 0 Å². The minimum Gasteiger partial charge on any atom is -0.452 e. The molecule has 1 atom stereocenters. The van der Waals surface area contributed by atoms with Crippen molar-refractivity contribution in [3.8, 4) is 0 Å². The lowest BCUT2D eigenvalue weighted by molar-refractivity contribution is 0.202. The SMILES string of the molecule is CCCN(Cc1cc(Br)c(Br)o1)CC1CCCCN1. The van der Waals surface area contributed by atoms with Crippen LogP contribution in [0.3, 0.4) is 0 Å². The van der Waals surface area contributed by atoms with E-state index >= 15 is 0 Å². The van der Waals surface area contributed by atoms with Gasteiger partial charge in [-0.1, -0.05) is 13.3 Å². The number of nitrogens with zero attached hydrogens (tertiary/aromatic N) is 1. The molecule has 19 heavy (non-hydrogen) atoms. The molecular weight excluding hydrogens is 372 g/mol. The zero-order valence-electron chi connectivity index (χ0n) is 11.4. The molecule has 1 N–H and O–H groups in total. The lowest BCUT2D eigenvalue weighted by Crippen LogP contribution is -2.43. The lowest BCUT2D eigenvalue weighted by Gasteiger charge is -2.29. The topological polar surface area (TPSA) is 28.4 Å². The van der Waals surface area contributed by atoms with Gasteiger partial charge in [-0.2, -0.15) is 0 Å². The van der Waals surface area contributed by atoms with Gasteiger partial charge < -0.3 is 9.73 Å². The molecule has 0 aliphatic carbocycles. The standard InChI is InChI=1S/C14H22Br2N2O/c1-2-7-18(9-11-5-3-4-6-17-11)10-12-8-13(15)14(16)19-12/h8,11,17H,2-7,9-10H2,1H3. The Morgan fingerprint density at radius 3 is 2.84 bits per heavy atom. The molecule has 0 saturated carbocycles. The molecule has 0 radical (unpaired) electrons. The normalized spacial score (nSPS) is 20.1. The van der Waals surface area contributed by atoms with Gasteiger partial charge in [-0.25, -0.2) is 0 Å². The summed E-state index contributed by atoms with van der Waals surface area (Å²) in [4.78, 5) is 2.49. The van der Waals surface area contributed by atoms with E-state index in [9.17, 15) is 0 Å². The summed E-state index contributed by atoms with van der Waals surface area (Å²) >= 11 is 6.87. The fourth-order valence-electron chi connectivity index (χ4n) is 2.63. The zero-order valence-corrected chi connectivity index (χ0v) is 14.6. The molecule has 2 heterocycles. The Morgan fingerprint density at radius 2 is 2.26 bits per heavy atom. The van der Waals surface area contributed by atoms with Crippen LogP contribution >= 0.6 is 31.9 Å². The third-order valence-electron chi connectivity index (χ3n) is 3.51. The van der Waals surface area contributed by atoms with Crippen molar-refractivity contribution in [1.82, 2.24) is 10.2 Å². The first-order valence-electron chi connectivity index (χ1n) is 7.08. The first kappa shape index (κ1) is 15.5. The monoisotopic (exact) mass is 392 g/mol. The van der Waals surface area contributed by atoms with Crippen molar-refractivity contribution in [2.45, 2.75) is 45.2 Å². The van der Waals surface area contributed by atoms with E-state index < -0.39 is 0 Å². The van der Waals surface area contributed by atoms with Crippen LogP contribution in [0.25, 0.3) is 0 Å². The van der Waals surface area contributed by atoms with E-state index in [2.05, 4.69) is 55.1 Å². The van der Waals surface area contributed by atoms with E-state index in [4.69, 9.17) is 4.42 Å². The molecule has 108 valence electrons. The molecule has 0 aromatic carbocycles. The highest BCUT2D eigenvalue weighted by Crippen LogP contribution is 2.27. The van der Waals surface area contributed by atoms with Gasteiger partial charge >= 0.3 is 0 Å². The number of furan rings is 1. The predicted molar refractivity (Wildman–Crippen MR) is 85.3 cm³/mol. The Balaban J connectivity index is 1.91. The van der Waals surface area contributed by atoms with Crippen LogP contribution in [0.4, 0.5) is 0 Å². The Morgan fingerprint density at radius 1 is 1.42 bits per heavy atom. The number of halogens is 2. The number of hydrogen-bond donors (Lipinski definition) is 1. The molecule has 5 heteroatoms. The molecule has 0 bridgehead atoms. The van der Waals surface area contributed by atoms with Gasteiger partial charge in [-0.15, -0.1) is 0 Å². The lowest BCUT2D eigenvalue weighted by atomic mass is 10.0. The summed E-state index contributed by atoms with van der Waals surface area (Å²) in [7, 11) is 0. The van der Waals surface area contributed by atoms with Gasteiger partial charge in [0.25, 0.3) is 0 Å². The smallest absolute Gasteiger partial charge is 0.183 e. The molecule has 1 saturated heterocycles. The summed E-state index contributed by atoms with van der Waals surface area (Å²) in [5.41, 5.74) is 0. The molecule has 1 fully saturated rings. The van der Waals surface area contributed by atoms with Crippen LogP contribution < -0.4 is 5.32 Å². The van der Waals surface area contributed by atoms with Crippen molar-refractivity contribution in [3.05, 3.63) is 21.0 Å². The summed E-state index contributed by atoms with van der Waals surface area (Å²) in [6.45, 7) is 6.52. The molecule has 1 aliphatic rings. The molecule has 1 unspecified atom stereocenters. The summed E-state index contributed by atoms with van der Waals surface area (Å²) in [6.07, 6.45) is 5.15. The van der Waals surface area contributed by atoms with Gasteiger partial charge in [0.05, 0.1) is 11.0 Å². The van der Waals surface area contributed by atoms with Crippen molar-refractivity contribution in [2.75, 3.05) is 19.6 Å². The number of hydrogen-bond acceptors (Lipinski definition) is 3. The van der Waals surface area contributed by atoms with Crippen LogP contribution in [0.2, 0.25) is 0 Å². The van der Waals surface area contributed by atoms with E-state index in [1.54, 1.807) is 0 Å². The Bertz CT molecular complexity index is 369. The molecule has 1 aromatic rings. The third-order valence-corrected chi connectivity index (χ3v) is 5.22. The Labute approximate surface area is 132 Å². The molecule has 0 spiro atoms. The van der Waals surface area contributed by atoms with E-state index in [0.717, 1.165) is 34.5 Å². The highest BCUT2D eigenvalue weighted by atomic mass is 79.9. The van der Waals surface area contributed by atoms with Gasteiger partial charge in [-0.3, -0.25) is 4.90 Å². The quantitative estimate of drug-likeness (QED) is 0.786. The molecule has 2 rings (SSSR count). The highest BCUT2D eigenvalue weighted by molar-refractivity contribution is 9.13. The number of nitrogens with one attached hydrogen (secondary N) is 1. The second-order valence-electron chi connectivity index (χ2n) is 5.22. The average molecular weight is 394 g/mol. The van der Waals surface area contributed by atoms with Crippen LogP contribution in [0.5, 0.6) is 0 Å². The van der Waals surface area contributed by atoms with Crippen LogP contribution in [0.1, 0.15) is 38.4 Å². The van der Waals surface area contributed by atoms with Gasteiger partial charge in [-0.05, 0) is 70.3 Å². The number of piperidine rings is 1. The maximum Gasteiger partial charge on any atom is 0.183 e. The first-order valence-corrected chi connectivity index (χ1v) is 8.67.